The smallest absolute Gasteiger partial charge is 0.303 e. The van der Waals surface area contributed by atoms with Crippen molar-refractivity contribution in [3.05, 3.63) is 30.3 Å². The number of hydrogen-bond donors (Lipinski definition) is 1. The molecule has 0 aliphatic carbocycles. The van der Waals surface area contributed by atoms with Crippen molar-refractivity contribution in [2.24, 2.45) is 0 Å². The molecule has 1 fully saturated rings. The number of esters is 3. The van der Waals surface area contributed by atoms with Crippen LogP contribution in [0, 0.1) is 0 Å². The van der Waals surface area contributed by atoms with E-state index in [1.54, 1.807) is 24.3 Å². The zero-order valence-corrected chi connectivity index (χ0v) is 16.4. The van der Waals surface area contributed by atoms with Gasteiger partial charge in [-0.2, -0.15) is 0 Å². The second-order valence-electron chi connectivity index (χ2n) is 5.90. The molecule has 10 heteroatoms. The highest BCUT2D eigenvalue weighted by Gasteiger charge is 2.47. The number of carbonyl (C=O) groups excluding carboxylic acids is 3. The second kappa shape index (κ2) is 10.00. The zero-order chi connectivity index (χ0) is 20.7. The maximum absolute atomic E-state index is 11.6. The van der Waals surface area contributed by atoms with E-state index in [1.165, 1.54) is 20.8 Å². The molecular weight excluding hydrogens is 390 g/mol. The summed E-state index contributed by atoms with van der Waals surface area (Å²) >= 11 is 5.16. The molecule has 1 saturated heterocycles. The van der Waals surface area contributed by atoms with Crippen molar-refractivity contribution in [2.45, 2.75) is 45.3 Å². The first-order valence-electron chi connectivity index (χ1n) is 8.43. The van der Waals surface area contributed by atoms with Gasteiger partial charge in [0.25, 0.3) is 5.17 Å². The molecule has 0 amide bonds. The lowest BCUT2D eigenvalue weighted by atomic mass is 10.0. The van der Waals surface area contributed by atoms with E-state index < -0.39 is 42.4 Å². The third kappa shape index (κ3) is 6.46. The topological polar surface area (TPSA) is 109 Å². The third-order valence-electron chi connectivity index (χ3n) is 3.56. The maximum atomic E-state index is 11.6. The number of hydrogen-bond acceptors (Lipinski definition) is 9. The molecular formula is C18H21NO8S. The van der Waals surface area contributed by atoms with Crippen LogP contribution in [0.3, 0.4) is 0 Å². The Morgan fingerprint density at radius 3 is 2.11 bits per heavy atom. The minimum Gasteiger partial charge on any atom is -0.456 e. The molecule has 0 aromatic heterocycles. The van der Waals surface area contributed by atoms with Gasteiger partial charge in [0, 0.05) is 20.8 Å². The molecule has 0 bridgehead atoms. The zero-order valence-electron chi connectivity index (χ0n) is 15.6. The molecule has 2 rings (SSSR count). The lowest BCUT2D eigenvalue weighted by molar-refractivity contribution is -0.228. The van der Waals surface area contributed by atoms with Gasteiger partial charge >= 0.3 is 17.9 Å². The van der Waals surface area contributed by atoms with Crippen LogP contribution in [0.1, 0.15) is 20.8 Å². The van der Waals surface area contributed by atoms with Gasteiger partial charge in [0.2, 0.25) is 0 Å². The van der Waals surface area contributed by atoms with Gasteiger partial charge in [-0.1, -0.05) is 18.2 Å². The van der Waals surface area contributed by atoms with E-state index in [2.05, 4.69) is 5.32 Å². The van der Waals surface area contributed by atoms with Crippen LogP contribution < -0.4 is 10.1 Å². The van der Waals surface area contributed by atoms with Crippen LogP contribution in [0.15, 0.2) is 30.3 Å². The van der Waals surface area contributed by atoms with Gasteiger partial charge in [0.1, 0.15) is 5.75 Å². The molecule has 4 atom stereocenters. The number of para-hydroxylation sites is 1. The van der Waals surface area contributed by atoms with Crippen LogP contribution in [-0.4, -0.2) is 54.2 Å². The fourth-order valence-electron chi connectivity index (χ4n) is 2.61. The molecule has 1 heterocycles. The summed E-state index contributed by atoms with van der Waals surface area (Å²) in [6, 6.07) is 8.78. The summed E-state index contributed by atoms with van der Waals surface area (Å²) in [5.41, 5.74) is 0. The fraction of sp³-hybridized carbons (Fsp3) is 0.444. The first-order valence-corrected chi connectivity index (χ1v) is 8.83. The van der Waals surface area contributed by atoms with Crippen molar-refractivity contribution in [1.82, 2.24) is 5.32 Å². The molecule has 9 nitrogen and oxygen atoms in total. The summed E-state index contributed by atoms with van der Waals surface area (Å²) in [4.78, 5) is 34.5. The number of nitrogens with one attached hydrogen (secondary N) is 1. The average molecular weight is 411 g/mol. The predicted molar refractivity (Wildman–Crippen MR) is 99.2 cm³/mol. The van der Waals surface area contributed by atoms with Gasteiger partial charge in [0.15, 0.2) is 24.5 Å². The van der Waals surface area contributed by atoms with Gasteiger partial charge in [0.05, 0.1) is 6.61 Å². The van der Waals surface area contributed by atoms with Gasteiger partial charge in [-0.3, -0.25) is 14.4 Å². The minimum atomic E-state index is -1.13. The second-order valence-corrected chi connectivity index (χ2v) is 6.27. The Bertz CT molecular complexity index is 726. The molecule has 152 valence electrons. The van der Waals surface area contributed by atoms with Crippen LogP contribution in [0.25, 0.3) is 0 Å². The summed E-state index contributed by atoms with van der Waals surface area (Å²) in [6.07, 6.45) is -4.16. The number of thiocarbonyl (C=S) groups is 1. The summed E-state index contributed by atoms with van der Waals surface area (Å²) in [6.45, 7) is 3.48. The van der Waals surface area contributed by atoms with Crippen LogP contribution in [0.4, 0.5) is 0 Å². The van der Waals surface area contributed by atoms with Crippen LogP contribution >= 0.6 is 12.2 Å². The maximum Gasteiger partial charge on any atom is 0.303 e. The molecule has 0 saturated carbocycles. The Kier molecular flexibility index (Phi) is 7.70. The summed E-state index contributed by atoms with van der Waals surface area (Å²) in [7, 11) is 0. The van der Waals surface area contributed by atoms with E-state index in [9.17, 15) is 14.4 Å². The lowest BCUT2D eigenvalue weighted by Gasteiger charge is -2.40. The van der Waals surface area contributed by atoms with Crippen molar-refractivity contribution in [3.63, 3.8) is 0 Å². The minimum absolute atomic E-state index is 0.0409. The van der Waals surface area contributed by atoms with Crippen molar-refractivity contribution in [2.75, 3.05) is 6.61 Å². The standard InChI is InChI=1S/C18H21NO8S/c1-10(20)24-14-9-23-17(16(26-12(3)22)15(14)25-11(2)21)19-18(28)27-13-7-5-4-6-8-13/h4-8,14-17H,9H2,1-3H3,(H,19,28)/t14-,15+,16+,17+/m1/s1. The Labute approximate surface area is 167 Å². The van der Waals surface area contributed by atoms with Crippen LogP contribution in [-0.2, 0) is 33.3 Å². The number of rotatable bonds is 5. The molecule has 1 aliphatic rings. The fourth-order valence-corrected chi connectivity index (χ4v) is 2.82. The van der Waals surface area contributed by atoms with E-state index in [0.717, 1.165) is 0 Å². The van der Waals surface area contributed by atoms with E-state index in [1.807, 2.05) is 6.07 Å². The summed E-state index contributed by atoms with van der Waals surface area (Å²) in [5.74, 6) is -1.38. The first kappa shape index (κ1) is 21.6. The molecule has 28 heavy (non-hydrogen) atoms. The Morgan fingerprint density at radius 2 is 1.54 bits per heavy atom. The average Bonchev–Trinajstić information content (AvgIpc) is 2.59. The van der Waals surface area contributed by atoms with Gasteiger partial charge in [-0.05, 0) is 24.4 Å². The number of ether oxygens (including phenoxy) is 5. The van der Waals surface area contributed by atoms with Crippen molar-refractivity contribution < 1.29 is 38.1 Å². The van der Waals surface area contributed by atoms with Crippen molar-refractivity contribution in [1.29, 1.82) is 0 Å². The van der Waals surface area contributed by atoms with Gasteiger partial charge in [-0.25, -0.2) is 0 Å². The Hall–Kier alpha value is -2.72. The predicted octanol–water partition coefficient (Wildman–Crippen LogP) is 1.09. The third-order valence-corrected chi connectivity index (χ3v) is 3.77. The van der Waals surface area contributed by atoms with Gasteiger partial charge < -0.3 is 29.0 Å². The quantitative estimate of drug-likeness (QED) is 0.429. The molecule has 1 aliphatic heterocycles. The van der Waals surface area contributed by atoms with E-state index >= 15 is 0 Å². The summed E-state index contributed by atoms with van der Waals surface area (Å²) in [5, 5.41) is 2.74. The molecule has 1 aromatic carbocycles. The van der Waals surface area contributed by atoms with E-state index in [4.69, 9.17) is 35.9 Å². The normalized spacial score (nSPS) is 23.8. The molecule has 0 unspecified atom stereocenters. The molecule has 0 radical (unpaired) electrons. The molecule has 0 spiro atoms. The van der Waals surface area contributed by atoms with Crippen LogP contribution in [0.5, 0.6) is 5.75 Å². The van der Waals surface area contributed by atoms with Crippen molar-refractivity contribution in [3.8, 4) is 5.75 Å². The van der Waals surface area contributed by atoms with Crippen molar-refractivity contribution >= 4 is 35.3 Å². The Morgan fingerprint density at radius 1 is 0.964 bits per heavy atom. The highest BCUT2D eigenvalue weighted by atomic mass is 32.1. The SMILES string of the molecule is CC(=O)O[C@@H]1[C@H](OC(C)=O)[C@@H](NC(=S)Oc2ccccc2)OC[C@H]1OC(C)=O. The molecule has 1 N–H and O–H groups in total. The Balaban J connectivity index is 2.16. The first-order chi connectivity index (χ1) is 13.3. The lowest BCUT2D eigenvalue weighted by Crippen LogP contribution is -2.62. The summed E-state index contributed by atoms with van der Waals surface area (Å²) < 4.78 is 26.7. The van der Waals surface area contributed by atoms with E-state index in [-0.39, 0.29) is 11.8 Å². The monoisotopic (exact) mass is 411 g/mol. The van der Waals surface area contributed by atoms with Crippen LogP contribution in [0.2, 0.25) is 0 Å². The molecule has 1 aromatic rings. The van der Waals surface area contributed by atoms with E-state index in [0.29, 0.717) is 5.75 Å². The highest BCUT2D eigenvalue weighted by molar-refractivity contribution is 7.80. The highest BCUT2D eigenvalue weighted by Crippen LogP contribution is 2.23. The number of benzene rings is 1. The van der Waals surface area contributed by atoms with Gasteiger partial charge in [-0.15, -0.1) is 0 Å². The number of carbonyl (C=O) groups is 3. The largest absolute Gasteiger partial charge is 0.456 e.